The molecule has 0 bridgehead atoms. The molecule has 4 nitrogen and oxygen atoms in total. The SMILES string of the molecule is Cc1ccc(-c2nc(CCc3ccccc3)c(-c3ccccc3O)[n+]([O-])c2C)s1. The molecule has 4 aromatic rings. The number of aromatic hydroxyl groups is 1. The van der Waals surface area contributed by atoms with E-state index in [1.165, 1.54) is 10.4 Å². The van der Waals surface area contributed by atoms with E-state index < -0.39 is 0 Å². The fourth-order valence-corrected chi connectivity index (χ4v) is 4.37. The quantitative estimate of drug-likeness (QED) is 0.368. The average molecular weight is 403 g/mol. The smallest absolute Gasteiger partial charge is 0.249 e. The summed E-state index contributed by atoms with van der Waals surface area (Å²) >= 11 is 1.63. The number of hydrogen-bond acceptors (Lipinski definition) is 4. The summed E-state index contributed by atoms with van der Waals surface area (Å²) in [7, 11) is 0. The van der Waals surface area contributed by atoms with Gasteiger partial charge in [0.15, 0.2) is 0 Å². The van der Waals surface area contributed by atoms with Gasteiger partial charge < -0.3 is 10.3 Å². The molecule has 0 amide bonds. The average Bonchev–Trinajstić information content (AvgIpc) is 3.16. The zero-order chi connectivity index (χ0) is 20.4. The molecule has 1 N–H and O–H groups in total. The first-order valence-electron chi connectivity index (χ1n) is 9.56. The number of phenols is 1. The van der Waals surface area contributed by atoms with Gasteiger partial charge >= 0.3 is 0 Å². The number of phenolic OH excluding ortho intramolecular Hbond substituents is 1. The van der Waals surface area contributed by atoms with Crippen LogP contribution in [0, 0.1) is 19.1 Å². The van der Waals surface area contributed by atoms with E-state index >= 15 is 0 Å². The van der Waals surface area contributed by atoms with Crippen molar-refractivity contribution in [3.05, 3.63) is 93.8 Å². The lowest BCUT2D eigenvalue weighted by Gasteiger charge is -2.15. The lowest BCUT2D eigenvalue weighted by Crippen LogP contribution is -2.36. The van der Waals surface area contributed by atoms with Crippen LogP contribution in [-0.4, -0.2) is 10.1 Å². The second-order valence-electron chi connectivity index (χ2n) is 7.05. The number of benzene rings is 2. The molecule has 2 aromatic carbocycles. The normalized spacial score (nSPS) is 11.0. The van der Waals surface area contributed by atoms with Crippen LogP contribution < -0.4 is 4.73 Å². The molecule has 5 heteroatoms. The topological polar surface area (TPSA) is 60.1 Å². The highest BCUT2D eigenvalue weighted by atomic mass is 32.1. The Hall–Kier alpha value is -3.18. The third-order valence-electron chi connectivity index (χ3n) is 5.00. The minimum Gasteiger partial charge on any atom is -0.618 e. The highest BCUT2D eigenvalue weighted by Crippen LogP contribution is 2.33. The second-order valence-corrected chi connectivity index (χ2v) is 8.34. The standard InChI is InChI=1S/C24H22N2O2S/c1-16-12-15-22(29-16)23-17(2)26(28)24(19-10-6-7-11-21(19)27)20(25-23)14-13-18-8-4-3-5-9-18/h3-12,15,27H,13-14H2,1-2H3. The van der Waals surface area contributed by atoms with E-state index in [9.17, 15) is 10.3 Å². The summed E-state index contributed by atoms with van der Waals surface area (Å²) in [5.74, 6) is 0.0824. The molecule has 0 spiro atoms. The molecule has 0 unspecified atom stereocenters. The van der Waals surface area contributed by atoms with Crippen LogP contribution in [0.3, 0.4) is 0 Å². The first-order valence-corrected chi connectivity index (χ1v) is 10.4. The number of aryl methyl sites for hydroxylation is 3. The third kappa shape index (κ3) is 3.87. The maximum atomic E-state index is 13.3. The van der Waals surface area contributed by atoms with Crippen LogP contribution in [0.2, 0.25) is 0 Å². The van der Waals surface area contributed by atoms with Crippen molar-refractivity contribution in [1.82, 2.24) is 4.98 Å². The van der Waals surface area contributed by atoms with Crippen LogP contribution in [-0.2, 0) is 12.8 Å². The van der Waals surface area contributed by atoms with Gasteiger partial charge in [-0.1, -0.05) is 42.5 Å². The zero-order valence-corrected chi connectivity index (χ0v) is 17.2. The number of nitrogens with zero attached hydrogens (tertiary/aromatic N) is 2. The fraction of sp³-hybridized carbons (Fsp3) is 0.167. The number of para-hydroxylation sites is 1. The van der Waals surface area contributed by atoms with Crippen molar-refractivity contribution >= 4 is 11.3 Å². The lowest BCUT2D eigenvalue weighted by molar-refractivity contribution is -0.601. The molecule has 29 heavy (non-hydrogen) atoms. The number of rotatable bonds is 5. The maximum Gasteiger partial charge on any atom is 0.249 e. The molecule has 2 aromatic heterocycles. The maximum absolute atomic E-state index is 13.3. The lowest BCUT2D eigenvalue weighted by atomic mass is 10.0. The van der Waals surface area contributed by atoms with Gasteiger partial charge in [0.25, 0.3) is 0 Å². The molecular weight excluding hydrogens is 380 g/mol. The van der Waals surface area contributed by atoms with Crippen molar-refractivity contribution in [3.63, 3.8) is 0 Å². The Labute approximate surface area is 174 Å². The van der Waals surface area contributed by atoms with Gasteiger partial charge in [-0.15, -0.1) is 11.3 Å². The molecule has 0 aliphatic carbocycles. The van der Waals surface area contributed by atoms with Gasteiger partial charge in [-0.2, -0.15) is 4.73 Å². The molecule has 0 saturated heterocycles. The number of aromatic nitrogens is 2. The van der Waals surface area contributed by atoms with E-state index in [4.69, 9.17) is 4.98 Å². The van der Waals surface area contributed by atoms with Gasteiger partial charge in [-0.25, -0.2) is 4.98 Å². The molecule has 0 atom stereocenters. The van der Waals surface area contributed by atoms with Gasteiger partial charge in [0.2, 0.25) is 11.4 Å². The van der Waals surface area contributed by atoms with Gasteiger partial charge in [0, 0.05) is 18.2 Å². The van der Waals surface area contributed by atoms with Crippen molar-refractivity contribution in [3.8, 4) is 27.6 Å². The molecule has 4 rings (SSSR count). The summed E-state index contributed by atoms with van der Waals surface area (Å²) in [6, 6.07) is 21.1. The second kappa shape index (κ2) is 8.05. The molecule has 0 aliphatic rings. The Morgan fingerprint density at radius 2 is 1.66 bits per heavy atom. The van der Waals surface area contributed by atoms with Crippen LogP contribution in [0.25, 0.3) is 21.8 Å². The largest absolute Gasteiger partial charge is 0.618 e. The van der Waals surface area contributed by atoms with E-state index in [-0.39, 0.29) is 5.75 Å². The minimum atomic E-state index is 0.0824. The van der Waals surface area contributed by atoms with Crippen LogP contribution >= 0.6 is 11.3 Å². The first-order chi connectivity index (χ1) is 14.0. The Morgan fingerprint density at radius 3 is 2.34 bits per heavy atom. The highest BCUT2D eigenvalue weighted by Gasteiger charge is 2.26. The van der Waals surface area contributed by atoms with E-state index in [0.717, 1.165) is 16.0 Å². The molecule has 0 aliphatic heterocycles. The van der Waals surface area contributed by atoms with E-state index in [2.05, 4.69) is 12.1 Å². The molecular formula is C24H22N2O2S. The van der Waals surface area contributed by atoms with Crippen molar-refractivity contribution in [2.75, 3.05) is 0 Å². The van der Waals surface area contributed by atoms with E-state index in [0.29, 0.717) is 34.8 Å². The van der Waals surface area contributed by atoms with Gasteiger partial charge in [0.05, 0.1) is 10.4 Å². The monoisotopic (exact) mass is 402 g/mol. The van der Waals surface area contributed by atoms with Crippen LogP contribution in [0.1, 0.15) is 21.8 Å². The summed E-state index contributed by atoms with van der Waals surface area (Å²) in [4.78, 5) is 7.08. The van der Waals surface area contributed by atoms with Crippen molar-refractivity contribution in [2.45, 2.75) is 26.7 Å². The third-order valence-corrected chi connectivity index (χ3v) is 6.00. The molecule has 0 radical (unpaired) electrons. The molecule has 146 valence electrons. The van der Waals surface area contributed by atoms with Gasteiger partial charge in [-0.05, 0) is 43.2 Å². The van der Waals surface area contributed by atoms with Crippen molar-refractivity contribution < 1.29 is 9.84 Å². The van der Waals surface area contributed by atoms with E-state index in [1.54, 1.807) is 36.5 Å². The van der Waals surface area contributed by atoms with Gasteiger partial charge in [-0.3, -0.25) is 0 Å². The summed E-state index contributed by atoms with van der Waals surface area (Å²) < 4.78 is 0.923. The fourth-order valence-electron chi connectivity index (χ4n) is 3.47. The number of thiophene rings is 1. The predicted molar refractivity (Wildman–Crippen MR) is 117 cm³/mol. The van der Waals surface area contributed by atoms with Crippen LogP contribution in [0.4, 0.5) is 0 Å². The van der Waals surface area contributed by atoms with Crippen LogP contribution in [0.15, 0.2) is 66.7 Å². The predicted octanol–water partition coefficient (Wildman–Crippen LogP) is 5.22. The first kappa shape index (κ1) is 19.2. The summed E-state index contributed by atoms with van der Waals surface area (Å²) in [6.45, 7) is 3.83. The van der Waals surface area contributed by atoms with Crippen LogP contribution in [0.5, 0.6) is 5.75 Å². The van der Waals surface area contributed by atoms with Crippen molar-refractivity contribution in [1.29, 1.82) is 0 Å². The minimum absolute atomic E-state index is 0.0824. The molecule has 0 fully saturated rings. The molecule has 2 heterocycles. The van der Waals surface area contributed by atoms with E-state index in [1.807, 2.05) is 43.3 Å². The summed E-state index contributed by atoms with van der Waals surface area (Å²) in [6.07, 6.45) is 1.37. The van der Waals surface area contributed by atoms with Gasteiger partial charge in [0.1, 0.15) is 17.1 Å². The Kier molecular flexibility index (Phi) is 5.32. The Bertz CT molecular complexity index is 1150. The summed E-state index contributed by atoms with van der Waals surface area (Å²) in [5.41, 5.74) is 4.05. The Balaban J connectivity index is 1.86. The van der Waals surface area contributed by atoms with Crippen molar-refractivity contribution in [2.24, 2.45) is 0 Å². The summed E-state index contributed by atoms with van der Waals surface area (Å²) in [5, 5.41) is 23.7. The highest BCUT2D eigenvalue weighted by molar-refractivity contribution is 7.15. The zero-order valence-electron chi connectivity index (χ0n) is 16.4. The molecule has 0 saturated carbocycles. The number of hydrogen-bond donors (Lipinski definition) is 1. The Morgan fingerprint density at radius 1 is 0.931 bits per heavy atom.